The van der Waals surface area contributed by atoms with E-state index >= 15 is 0 Å². The van der Waals surface area contributed by atoms with Crippen molar-refractivity contribution in [2.75, 3.05) is 11.9 Å². The van der Waals surface area contributed by atoms with Crippen LogP contribution in [-0.4, -0.2) is 27.6 Å². The lowest BCUT2D eigenvalue weighted by Crippen LogP contribution is -2.42. The predicted molar refractivity (Wildman–Crippen MR) is 105 cm³/mol. The number of amides is 1. The van der Waals surface area contributed by atoms with Gasteiger partial charge in [0, 0.05) is 18.5 Å². The van der Waals surface area contributed by atoms with E-state index in [4.69, 9.17) is 11.6 Å². The average molecular weight is 453 g/mol. The van der Waals surface area contributed by atoms with Crippen molar-refractivity contribution in [3.8, 4) is 0 Å². The highest BCUT2D eigenvalue weighted by atomic mass is 35.5. The van der Waals surface area contributed by atoms with Crippen LogP contribution in [0, 0.1) is 5.82 Å². The third-order valence-corrected chi connectivity index (χ3v) is 4.64. The van der Waals surface area contributed by atoms with Gasteiger partial charge in [-0.3, -0.25) is 20.1 Å². The number of hydrogen-bond donors (Lipinski definition) is 3. The molecule has 0 atom stereocenters. The van der Waals surface area contributed by atoms with Crippen LogP contribution in [0.1, 0.15) is 17.1 Å². The number of hydrogen-bond acceptors (Lipinski definition) is 5. The Morgan fingerprint density at radius 3 is 2.61 bits per heavy atom. The highest BCUT2D eigenvalue weighted by Gasteiger charge is 2.36. The van der Waals surface area contributed by atoms with E-state index in [2.05, 4.69) is 20.6 Å². The minimum atomic E-state index is -3.31. The summed E-state index contributed by atoms with van der Waals surface area (Å²) in [6.07, 6.45) is 2.26. The van der Waals surface area contributed by atoms with E-state index in [0.29, 0.717) is 4.73 Å². The quantitative estimate of drug-likeness (QED) is 0.361. The molecular weight excluding hydrogens is 435 g/mol. The molecule has 0 aliphatic rings. The van der Waals surface area contributed by atoms with Crippen LogP contribution in [-0.2, 0) is 23.7 Å². The third-order valence-electron chi connectivity index (χ3n) is 4.29. The van der Waals surface area contributed by atoms with Crippen LogP contribution in [0.15, 0.2) is 54.9 Å². The summed E-state index contributed by atoms with van der Waals surface area (Å²) in [5, 5.41) is 15.3. The van der Waals surface area contributed by atoms with Crippen LogP contribution >= 0.6 is 11.6 Å². The second-order valence-electron chi connectivity index (χ2n) is 6.48. The van der Waals surface area contributed by atoms with E-state index in [9.17, 15) is 23.2 Å². The lowest BCUT2D eigenvalue weighted by molar-refractivity contribution is -0.898. The second-order valence-corrected chi connectivity index (χ2v) is 6.89. The lowest BCUT2D eigenvalue weighted by Gasteiger charge is -2.14. The van der Waals surface area contributed by atoms with Crippen LogP contribution in [0.25, 0.3) is 0 Å². The molecule has 0 aromatic carbocycles. The average Bonchev–Trinajstić information content (AvgIpc) is 2.76. The topological polar surface area (TPSA) is 91.0 Å². The third kappa shape index (κ3) is 5.60. The number of anilines is 1. The van der Waals surface area contributed by atoms with Crippen molar-refractivity contribution in [2.24, 2.45) is 0 Å². The molecule has 3 aromatic heterocycles. The molecule has 0 saturated heterocycles. The van der Waals surface area contributed by atoms with E-state index in [1.807, 2.05) is 0 Å². The number of alkyl halides is 2. The van der Waals surface area contributed by atoms with E-state index in [0.717, 1.165) is 0 Å². The van der Waals surface area contributed by atoms with Crippen LogP contribution in [0.5, 0.6) is 0 Å². The van der Waals surface area contributed by atoms with Crippen molar-refractivity contribution in [2.45, 2.75) is 18.9 Å². The zero-order chi connectivity index (χ0) is 22.4. The number of rotatable bonds is 8. The van der Waals surface area contributed by atoms with Gasteiger partial charge in [0.25, 0.3) is 0 Å². The van der Waals surface area contributed by atoms with Gasteiger partial charge in [-0.1, -0.05) is 17.7 Å². The monoisotopic (exact) mass is 452 g/mol. The highest BCUT2D eigenvalue weighted by molar-refractivity contribution is 6.31. The van der Waals surface area contributed by atoms with Gasteiger partial charge in [0.2, 0.25) is 5.91 Å². The maximum Gasteiger partial charge on any atom is 0.325 e. The van der Waals surface area contributed by atoms with Crippen LogP contribution in [0.3, 0.4) is 0 Å². The zero-order valence-corrected chi connectivity index (χ0v) is 16.8. The molecule has 0 fully saturated rings. The minimum Gasteiger partial charge on any atom is -0.350 e. The lowest BCUT2D eigenvalue weighted by atomic mass is 10.2. The molecule has 0 aliphatic heterocycles. The second kappa shape index (κ2) is 9.61. The van der Waals surface area contributed by atoms with E-state index in [1.165, 1.54) is 54.9 Å². The minimum absolute atomic E-state index is 0.0354. The first kappa shape index (κ1) is 22.3. The predicted octanol–water partition coefficient (Wildman–Crippen LogP) is 2.86. The van der Waals surface area contributed by atoms with Gasteiger partial charge in [-0.15, -0.1) is 0 Å². The number of halogens is 4. The largest absolute Gasteiger partial charge is 0.350 e. The van der Waals surface area contributed by atoms with Crippen molar-refractivity contribution in [3.63, 3.8) is 0 Å². The molecule has 3 N–H and O–H groups in total. The van der Waals surface area contributed by atoms with E-state index in [-0.39, 0.29) is 35.2 Å². The summed E-state index contributed by atoms with van der Waals surface area (Å²) in [7, 11) is 0. The maximum absolute atomic E-state index is 14.3. The van der Waals surface area contributed by atoms with Crippen LogP contribution < -0.4 is 15.4 Å². The van der Waals surface area contributed by atoms with Gasteiger partial charge in [-0.25, -0.2) is 4.39 Å². The summed E-state index contributed by atoms with van der Waals surface area (Å²) >= 11 is 6.05. The molecule has 0 bridgehead atoms. The molecule has 1 amide bonds. The van der Waals surface area contributed by atoms with Crippen LogP contribution in [0.2, 0.25) is 5.02 Å². The first-order valence-electron chi connectivity index (χ1n) is 9.10. The van der Waals surface area contributed by atoms with Crippen LogP contribution in [0.4, 0.5) is 19.0 Å². The van der Waals surface area contributed by atoms with E-state index in [1.54, 1.807) is 0 Å². The van der Waals surface area contributed by atoms with Gasteiger partial charge in [0.05, 0.1) is 23.7 Å². The van der Waals surface area contributed by atoms with Gasteiger partial charge in [-0.2, -0.15) is 8.78 Å². The summed E-state index contributed by atoms with van der Waals surface area (Å²) in [4.78, 5) is 19.7. The Balaban J connectivity index is 1.67. The number of nitrogens with zero attached hydrogens (tertiary/aromatic N) is 3. The van der Waals surface area contributed by atoms with Crippen molar-refractivity contribution in [3.05, 3.63) is 82.8 Å². The molecule has 0 saturated carbocycles. The Bertz CT molecular complexity index is 1070. The molecule has 0 unspecified atom stereocenters. The number of carbonyl (C=O) groups is 1. The molecule has 3 rings (SSSR count). The number of pyridine rings is 3. The molecule has 0 aliphatic carbocycles. The zero-order valence-electron chi connectivity index (χ0n) is 16.0. The fourth-order valence-corrected chi connectivity index (χ4v) is 2.89. The smallest absolute Gasteiger partial charge is 0.325 e. The Morgan fingerprint density at radius 1 is 1.13 bits per heavy atom. The number of carbonyl (C=O) groups excluding carboxylic acids is 1. The van der Waals surface area contributed by atoms with Gasteiger partial charge in [-0.05, 0) is 35.1 Å². The Kier molecular flexibility index (Phi) is 6.91. The van der Waals surface area contributed by atoms with Gasteiger partial charge >= 0.3 is 11.7 Å². The van der Waals surface area contributed by atoms with Gasteiger partial charge in [0.15, 0.2) is 12.2 Å². The van der Waals surface area contributed by atoms with E-state index < -0.39 is 29.9 Å². The molecular formula is C20H18ClF3N5O2+. The number of nitrogens with one attached hydrogen (secondary N) is 2. The Labute approximate surface area is 180 Å². The highest BCUT2D eigenvalue weighted by Crippen LogP contribution is 2.26. The molecule has 7 nitrogen and oxygen atoms in total. The summed E-state index contributed by atoms with van der Waals surface area (Å²) in [6.45, 7) is -1.01. The molecule has 31 heavy (non-hydrogen) atoms. The standard InChI is InChI=1S/C20H17ClF3N5O2/c21-13-6-7-18(28-12-20(23,24)17-5-1-2-8-26-17)29(31)16(13)10-19(30)27-11-15-14(22)4-3-9-25-15/h1-9,31H,10-12H2,(H,27,30)/p+1. The normalized spacial score (nSPS) is 11.2. The van der Waals surface area contributed by atoms with Crippen molar-refractivity contribution < 1.29 is 27.9 Å². The summed E-state index contributed by atoms with van der Waals surface area (Å²) in [5.41, 5.74) is -0.417. The van der Waals surface area contributed by atoms with Gasteiger partial charge in [0.1, 0.15) is 11.5 Å². The maximum atomic E-state index is 14.3. The Morgan fingerprint density at radius 2 is 1.90 bits per heavy atom. The molecule has 162 valence electrons. The molecule has 11 heteroatoms. The fraction of sp³-hybridized carbons (Fsp3) is 0.200. The summed E-state index contributed by atoms with van der Waals surface area (Å²) in [5.74, 6) is -4.56. The summed E-state index contributed by atoms with van der Waals surface area (Å²) < 4.78 is 42.8. The Hall–Kier alpha value is -3.40. The molecule has 3 aromatic rings. The fourth-order valence-electron chi connectivity index (χ4n) is 2.68. The molecule has 0 spiro atoms. The first-order chi connectivity index (χ1) is 14.8. The summed E-state index contributed by atoms with van der Waals surface area (Å²) in [6, 6.07) is 9.44. The molecule has 0 radical (unpaired) electrons. The van der Waals surface area contributed by atoms with Gasteiger partial charge < -0.3 is 10.5 Å². The first-order valence-corrected chi connectivity index (χ1v) is 9.47. The van der Waals surface area contributed by atoms with Crippen molar-refractivity contribution >= 4 is 23.3 Å². The SMILES string of the molecule is O=C(Cc1c(Cl)ccc(NCC(F)(F)c2ccccn2)[n+]1O)NCc1ncccc1F. The van der Waals surface area contributed by atoms with Crippen molar-refractivity contribution in [1.29, 1.82) is 0 Å². The number of aromatic nitrogens is 3. The van der Waals surface area contributed by atoms with Crippen molar-refractivity contribution in [1.82, 2.24) is 15.3 Å². The molecule has 3 heterocycles.